The van der Waals surface area contributed by atoms with Gasteiger partial charge in [0.05, 0.1) is 6.61 Å². The fraction of sp³-hybridized carbons (Fsp3) is 0.926. The number of fused-ring (bicyclic) bond motifs is 5. The highest BCUT2D eigenvalue weighted by Gasteiger charge is 2.60. The van der Waals surface area contributed by atoms with Crippen LogP contribution in [0.15, 0.2) is 11.6 Å². The van der Waals surface area contributed by atoms with Gasteiger partial charge in [0.25, 0.3) is 0 Å². The van der Waals surface area contributed by atoms with Gasteiger partial charge in [0, 0.05) is 0 Å². The highest BCUT2D eigenvalue weighted by molar-refractivity contribution is 7.81. The van der Waals surface area contributed by atoms with E-state index < -0.39 is 48.8 Å². The molecule has 3 saturated carbocycles. The number of hydrogen-bond donors (Lipinski definition) is 3. The van der Waals surface area contributed by atoms with Crippen LogP contribution in [0, 0.1) is 46.3 Å². The van der Waals surface area contributed by atoms with Crippen LogP contribution in [-0.4, -0.2) is 57.7 Å². The van der Waals surface area contributed by atoms with Crippen molar-refractivity contribution in [2.45, 2.75) is 104 Å². The zero-order chi connectivity index (χ0) is 31.3. The average molecular weight is 659 g/mol. The lowest BCUT2D eigenvalue weighted by atomic mass is 9.46. The first-order chi connectivity index (χ1) is 19.2. The fourth-order valence-electron chi connectivity index (χ4n) is 9.41. The van der Waals surface area contributed by atoms with Crippen molar-refractivity contribution in [3.05, 3.63) is 11.6 Å². The summed E-state index contributed by atoms with van der Waals surface area (Å²) >= 11 is 0. The summed E-state index contributed by atoms with van der Waals surface area (Å²) in [5.41, 5.74) is 0.659. The molecule has 4 unspecified atom stereocenters. The third-order valence-electron chi connectivity index (χ3n) is 11.2. The second kappa shape index (κ2) is 12.3. The molecule has 4 aliphatic rings. The first-order valence-corrected chi connectivity index (χ1v) is 18.9. The van der Waals surface area contributed by atoms with Crippen molar-refractivity contribution in [1.82, 2.24) is 0 Å². The molecular weight excluding hydrogens is 612 g/mol. The Morgan fingerprint density at radius 2 is 1.52 bits per heavy atom. The Labute approximate surface area is 250 Å². The summed E-state index contributed by atoms with van der Waals surface area (Å²) in [6.07, 6.45) is 7.59. The van der Waals surface area contributed by atoms with E-state index in [-0.39, 0.29) is 36.7 Å². The zero-order valence-electron chi connectivity index (χ0n) is 24.7. The molecule has 0 heterocycles. The predicted octanol–water partition coefficient (Wildman–Crippen LogP) is 4.81. The van der Waals surface area contributed by atoms with E-state index in [9.17, 15) is 34.4 Å². The van der Waals surface area contributed by atoms with Crippen LogP contribution in [0.4, 0.5) is 0 Å². The Bertz CT molecular complexity index is 1340. The van der Waals surface area contributed by atoms with Gasteiger partial charge < -0.3 is 0 Å². The van der Waals surface area contributed by atoms with Crippen molar-refractivity contribution in [3.8, 4) is 0 Å². The SMILES string of the molecule is CC(CCC[C@@H](C)[C@H]1CCC2C3CC=C4C[C@H](OS(=O)(=O)O)[C@@H](OS(=O)(=O)O)C[C@]4(C)C3CC[C@@]21C)COS(=O)(=O)O. The lowest BCUT2D eigenvalue weighted by Gasteiger charge is -2.59. The van der Waals surface area contributed by atoms with Gasteiger partial charge in [-0.1, -0.05) is 52.2 Å². The number of rotatable bonds is 12. The highest BCUT2D eigenvalue weighted by Crippen LogP contribution is 2.67. The minimum absolute atomic E-state index is 0.0112. The van der Waals surface area contributed by atoms with Crippen LogP contribution in [0.3, 0.4) is 0 Å². The maximum Gasteiger partial charge on any atom is 0.397 e. The molecule has 0 aromatic rings. The normalized spacial score (nSPS) is 38.6. The minimum atomic E-state index is -4.89. The van der Waals surface area contributed by atoms with E-state index in [1.54, 1.807) is 0 Å². The van der Waals surface area contributed by atoms with Gasteiger partial charge >= 0.3 is 31.2 Å². The van der Waals surface area contributed by atoms with Crippen molar-refractivity contribution in [2.75, 3.05) is 6.61 Å². The second-order valence-corrected chi connectivity index (χ2v) is 16.9. The van der Waals surface area contributed by atoms with E-state index in [1.807, 2.05) is 6.92 Å². The van der Waals surface area contributed by atoms with E-state index in [0.717, 1.165) is 56.9 Å². The van der Waals surface area contributed by atoms with Crippen LogP contribution in [0.2, 0.25) is 0 Å². The molecule has 3 N–H and O–H groups in total. The molecule has 244 valence electrons. The standard InChI is InChI=1S/C27H46O12S3/c1-17(16-37-40(28,29)30)6-5-7-18(2)21-10-11-22-20-9-8-19-14-24(38-41(31,32)33)25(39-42(34,35)36)15-27(19,4)23(20)12-13-26(21,22)3/h8,17-18,20-25H,5-7,9-16H2,1-4H3,(H,28,29,30)(H,31,32,33)(H,34,35,36)/t17?,18-,20?,21-,22?,23?,24+,25+,26-,27+/m1/s1. The van der Waals surface area contributed by atoms with E-state index in [1.165, 1.54) is 0 Å². The summed E-state index contributed by atoms with van der Waals surface area (Å²) in [4.78, 5) is 0. The maximum atomic E-state index is 11.6. The van der Waals surface area contributed by atoms with Crippen LogP contribution in [0.1, 0.15) is 91.9 Å². The summed E-state index contributed by atoms with van der Waals surface area (Å²) in [5, 5.41) is 0. The first-order valence-electron chi connectivity index (χ1n) is 14.8. The van der Waals surface area contributed by atoms with E-state index >= 15 is 0 Å². The molecule has 0 amide bonds. The Kier molecular flexibility index (Phi) is 10.0. The van der Waals surface area contributed by atoms with E-state index in [4.69, 9.17) is 12.9 Å². The maximum absolute atomic E-state index is 11.6. The molecule has 3 fully saturated rings. The number of allylic oxidation sites excluding steroid dienone is 1. The van der Waals surface area contributed by atoms with Crippen LogP contribution in [0.25, 0.3) is 0 Å². The molecule has 0 radical (unpaired) electrons. The Morgan fingerprint density at radius 3 is 2.14 bits per heavy atom. The summed E-state index contributed by atoms with van der Waals surface area (Å²) in [5.74, 6) is 2.12. The third kappa shape index (κ3) is 7.76. The molecule has 0 aliphatic heterocycles. The topological polar surface area (TPSA) is 191 Å². The summed E-state index contributed by atoms with van der Waals surface area (Å²) in [6, 6.07) is 0. The molecule has 0 bridgehead atoms. The summed E-state index contributed by atoms with van der Waals surface area (Å²) in [7, 11) is -14.2. The van der Waals surface area contributed by atoms with E-state index in [2.05, 4.69) is 31.0 Å². The second-order valence-electron chi connectivity index (χ2n) is 13.7. The van der Waals surface area contributed by atoms with Gasteiger partial charge in [-0.2, -0.15) is 25.3 Å². The van der Waals surface area contributed by atoms with Gasteiger partial charge in [0.2, 0.25) is 0 Å². The third-order valence-corrected chi connectivity index (χ3v) is 12.6. The van der Waals surface area contributed by atoms with Gasteiger partial charge in [0.15, 0.2) is 0 Å². The molecular formula is C27H46O12S3. The molecule has 4 aliphatic carbocycles. The zero-order valence-corrected chi connectivity index (χ0v) is 27.2. The van der Waals surface area contributed by atoms with Crippen molar-refractivity contribution in [2.24, 2.45) is 46.3 Å². The van der Waals surface area contributed by atoms with Gasteiger partial charge in [-0.3, -0.25) is 13.7 Å². The molecule has 0 aromatic carbocycles. The first kappa shape index (κ1) is 34.2. The largest absolute Gasteiger partial charge is 0.397 e. The lowest BCUT2D eigenvalue weighted by Crippen LogP contribution is -2.54. The van der Waals surface area contributed by atoms with E-state index in [0.29, 0.717) is 23.7 Å². The Hall–Kier alpha value is -0.650. The van der Waals surface area contributed by atoms with Crippen molar-refractivity contribution >= 4 is 31.2 Å². The smallest absolute Gasteiger partial charge is 0.264 e. The molecule has 12 nitrogen and oxygen atoms in total. The van der Waals surface area contributed by atoms with Gasteiger partial charge in [0.1, 0.15) is 12.2 Å². The molecule has 4 rings (SSSR count). The van der Waals surface area contributed by atoms with Gasteiger partial charge in [-0.15, -0.1) is 0 Å². The molecule has 10 atom stereocenters. The van der Waals surface area contributed by atoms with Crippen molar-refractivity contribution in [3.63, 3.8) is 0 Å². The van der Waals surface area contributed by atoms with Crippen molar-refractivity contribution < 1.29 is 51.5 Å². The fourth-order valence-corrected chi connectivity index (χ4v) is 10.8. The Balaban J connectivity index is 1.45. The molecule has 0 aromatic heterocycles. The average Bonchev–Trinajstić information content (AvgIpc) is 3.18. The molecule has 15 heteroatoms. The molecule has 0 spiro atoms. The van der Waals surface area contributed by atoms with Crippen LogP contribution < -0.4 is 0 Å². The monoisotopic (exact) mass is 658 g/mol. The summed E-state index contributed by atoms with van der Waals surface area (Å²) in [6.45, 7) is 8.66. The molecule has 42 heavy (non-hydrogen) atoms. The predicted molar refractivity (Wildman–Crippen MR) is 153 cm³/mol. The van der Waals surface area contributed by atoms with Gasteiger partial charge in [-0.05, 0) is 97.7 Å². The highest BCUT2D eigenvalue weighted by atomic mass is 32.3. The number of hydrogen-bond acceptors (Lipinski definition) is 9. The lowest BCUT2D eigenvalue weighted by molar-refractivity contribution is -0.0793. The Morgan fingerprint density at radius 1 is 0.881 bits per heavy atom. The summed E-state index contributed by atoms with van der Waals surface area (Å²) < 4.78 is 110. The minimum Gasteiger partial charge on any atom is -0.264 e. The van der Waals surface area contributed by atoms with Crippen LogP contribution >= 0.6 is 0 Å². The van der Waals surface area contributed by atoms with Gasteiger partial charge in [-0.25, -0.2) is 12.5 Å². The van der Waals surface area contributed by atoms with Crippen LogP contribution in [0.5, 0.6) is 0 Å². The molecule has 0 saturated heterocycles. The quantitative estimate of drug-likeness (QED) is 0.192. The van der Waals surface area contributed by atoms with Crippen molar-refractivity contribution in [1.29, 1.82) is 0 Å². The van der Waals surface area contributed by atoms with Crippen LogP contribution in [-0.2, 0) is 43.7 Å².